The summed E-state index contributed by atoms with van der Waals surface area (Å²) in [6.45, 7) is 0. The van der Waals surface area contributed by atoms with Crippen molar-refractivity contribution in [2.24, 2.45) is 5.73 Å². The van der Waals surface area contributed by atoms with Gasteiger partial charge in [0.15, 0.2) is 5.65 Å². The van der Waals surface area contributed by atoms with Crippen molar-refractivity contribution in [3.05, 3.63) is 48.3 Å². The number of pyridine rings is 1. The summed E-state index contributed by atoms with van der Waals surface area (Å²) in [5.41, 5.74) is 9.85. The fourth-order valence-corrected chi connectivity index (χ4v) is 2.88. The number of para-hydroxylation sites is 1. The Bertz CT molecular complexity index is 1020. The lowest BCUT2D eigenvalue weighted by Crippen LogP contribution is -2.32. The predicted molar refractivity (Wildman–Crippen MR) is 90.5 cm³/mol. The Morgan fingerprint density at radius 1 is 1.29 bits per heavy atom. The number of rotatable bonds is 4. The highest BCUT2D eigenvalue weighted by molar-refractivity contribution is 5.96. The highest BCUT2D eigenvalue weighted by Crippen LogP contribution is 2.29. The SMILES string of the molecule is N[C@@H](Cc1c[nH]c2c(-c3nc4ncccc4[nH]3)cccc12)C(=O)O. The Morgan fingerprint density at radius 3 is 2.96 bits per heavy atom. The zero-order chi connectivity index (χ0) is 16.7. The number of aliphatic carboxylic acids is 1. The van der Waals surface area contributed by atoms with Crippen LogP contribution in [0.1, 0.15) is 5.56 Å². The van der Waals surface area contributed by atoms with Crippen LogP contribution in [0.25, 0.3) is 33.5 Å². The van der Waals surface area contributed by atoms with Gasteiger partial charge in [-0.25, -0.2) is 9.97 Å². The number of carbonyl (C=O) groups is 1. The number of imidazole rings is 1. The van der Waals surface area contributed by atoms with Crippen LogP contribution in [0, 0.1) is 0 Å². The molecule has 0 saturated heterocycles. The smallest absolute Gasteiger partial charge is 0.320 e. The number of hydrogen-bond acceptors (Lipinski definition) is 4. The first-order valence-corrected chi connectivity index (χ1v) is 7.52. The normalized spacial score (nSPS) is 12.7. The van der Waals surface area contributed by atoms with Gasteiger partial charge in [0.2, 0.25) is 0 Å². The Hall–Kier alpha value is -3.19. The number of hydrogen-bond donors (Lipinski definition) is 4. The molecule has 3 aromatic heterocycles. The summed E-state index contributed by atoms with van der Waals surface area (Å²) in [5.74, 6) is -0.297. The highest BCUT2D eigenvalue weighted by Gasteiger charge is 2.17. The summed E-state index contributed by atoms with van der Waals surface area (Å²) < 4.78 is 0. The van der Waals surface area contributed by atoms with Crippen molar-refractivity contribution in [1.29, 1.82) is 0 Å². The van der Waals surface area contributed by atoms with E-state index in [1.807, 2.05) is 30.3 Å². The Kier molecular flexibility index (Phi) is 3.28. The lowest BCUT2D eigenvalue weighted by molar-refractivity contribution is -0.138. The third-order valence-electron chi connectivity index (χ3n) is 4.07. The maximum atomic E-state index is 11.0. The van der Waals surface area contributed by atoms with Gasteiger partial charge in [-0.1, -0.05) is 12.1 Å². The minimum atomic E-state index is -1.01. The maximum Gasteiger partial charge on any atom is 0.320 e. The maximum absolute atomic E-state index is 11.0. The van der Waals surface area contributed by atoms with Crippen LogP contribution in [0.4, 0.5) is 0 Å². The van der Waals surface area contributed by atoms with Crippen molar-refractivity contribution < 1.29 is 9.90 Å². The van der Waals surface area contributed by atoms with E-state index in [0.717, 1.165) is 27.5 Å². The second-order valence-electron chi connectivity index (χ2n) is 5.65. The predicted octanol–water partition coefficient (Wildman–Crippen LogP) is 2.06. The second kappa shape index (κ2) is 5.47. The van der Waals surface area contributed by atoms with Gasteiger partial charge >= 0.3 is 5.97 Å². The lowest BCUT2D eigenvalue weighted by atomic mass is 10.0. The topological polar surface area (TPSA) is 121 Å². The van der Waals surface area contributed by atoms with Crippen LogP contribution in [0.15, 0.2) is 42.7 Å². The van der Waals surface area contributed by atoms with Crippen LogP contribution >= 0.6 is 0 Å². The van der Waals surface area contributed by atoms with E-state index in [1.165, 1.54) is 0 Å². The number of nitrogens with two attached hydrogens (primary N) is 1. The first kappa shape index (κ1) is 14.4. The zero-order valence-electron chi connectivity index (χ0n) is 12.7. The number of carboxylic acids is 1. The first-order chi connectivity index (χ1) is 11.6. The minimum Gasteiger partial charge on any atom is -0.480 e. The molecular weight excluding hydrogens is 306 g/mol. The van der Waals surface area contributed by atoms with Crippen molar-refractivity contribution in [2.75, 3.05) is 0 Å². The molecule has 1 aromatic carbocycles. The van der Waals surface area contributed by atoms with Gasteiger partial charge in [0.1, 0.15) is 11.9 Å². The monoisotopic (exact) mass is 321 g/mol. The van der Waals surface area contributed by atoms with E-state index < -0.39 is 12.0 Å². The third kappa shape index (κ3) is 2.31. The summed E-state index contributed by atoms with van der Waals surface area (Å²) in [4.78, 5) is 26.2. The molecule has 0 fully saturated rings. The van der Waals surface area contributed by atoms with Crippen LogP contribution in [-0.4, -0.2) is 37.1 Å². The number of aromatic nitrogens is 4. The average Bonchev–Trinajstić information content (AvgIpc) is 3.18. The fraction of sp³-hybridized carbons (Fsp3) is 0.118. The Morgan fingerprint density at radius 2 is 2.17 bits per heavy atom. The van der Waals surface area contributed by atoms with Gasteiger partial charge < -0.3 is 20.8 Å². The van der Waals surface area contributed by atoms with Crippen LogP contribution in [0.5, 0.6) is 0 Å². The molecule has 0 spiro atoms. The second-order valence-corrected chi connectivity index (χ2v) is 5.65. The van der Waals surface area contributed by atoms with Crippen molar-refractivity contribution in [3.63, 3.8) is 0 Å². The van der Waals surface area contributed by atoms with Crippen LogP contribution in [0.3, 0.4) is 0 Å². The first-order valence-electron chi connectivity index (χ1n) is 7.52. The number of benzene rings is 1. The lowest BCUT2D eigenvalue weighted by Gasteiger charge is -2.05. The van der Waals surface area contributed by atoms with Crippen molar-refractivity contribution in [1.82, 2.24) is 19.9 Å². The van der Waals surface area contributed by atoms with E-state index in [4.69, 9.17) is 10.8 Å². The molecule has 0 radical (unpaired) electrons. The molecule has 3 heterocycles. The minimum absolute atomic E-state index is 0.264. The van der Waals surface area contributed by atoms with E-state index in [2.05, 4.69) is 19.9 Å². The molecule has 4 rings (SSSR count). The number of carboxylic acid groups (broad SMARTS) is 1. The summed E-state index contributed by atoms with van der Waals surface area (Å²) in [6.07, 6.45) is 3.77. The molecule has 1 atom stereocenters. The van der Waals surface area contributed by atoms with Crippen LogP contribution < -0.4 is 5.73 Å². The molecule has 0 saturated carbocycles. The van der Waals surface area contributed by atoms with E-state index >= 15 is 0 Å². The summed E-state index contributed by atoms with van der Waals surface area (Å²) in [6, 6.07) is 8.66. The van der Waals surface area contributed by atoms with Gasteiger partial charge in [-0.05, 0) is 23.8 Å². The van der Waals surface area contributed by atoms with Crippen molar-refractivity contribution in [2.45, 2.75) is 12.5 Å². The van der Waals surface area contributed by atoms with Gasteiger partial charge in [0.05, 0.1) is 11.0 Å². The number of H-pyrrole nitrogens is 2. The Balaban J connectivity index is 1.82. The molecule has 0 unspecified atom stereocenters. The van der Waals surface area contributed by atoms with E-state index in [0.29, 0.717) is 11.5 Å². The standard InChI is InChI=1S/C17H15N5O2/c18-12(17(23)24)7-9-8-20-14-10(9)3-1-4-11(14)15-21-13-5-2-6-19-16(13)22-15/h1-6,8,12,20H,7,18H2,(H,23,24)(H,19,21,22)/t12-/m0/s1. The summed E-state index contributed by atoms with van der Waals surface area (Å²) >= 11 is 0. The Labute approximate surface area is 136 Å². The molecule has 7 nitrogen and oxygen atoms in total. The van der Waals surface area contributed by atoms with Gasteiger partial charge in [-0.2, -0.15) is 0 Å². The van der Waals surface area contributed by atoms with E-state index in [9.17, 15) is 4.79 Å². The molecule has 24 heavy (non-hydrogen) atoms. The molecule has 4 aromatic rings. The van der Waals surface area contributed by atoms with Crippen LogP contribution in [-0.2, 0) is 11.2 Å². The van der Waals surface area contributed by atoms with Crippen LogP contribution in [0.2, 0.25) is 0 Å². The molecule has 0 aliphatic carbocycles. The molecule has 120 valence electrons. The third-order valence-corrected chi connectivity index (χ3v) is 4.07. The quantitative estimate of drug-likeness (QED) is 0.458. The summed E-state index contributed by atoms with van der Waals surface area (Å²) in [7, 11) is 0. The number of nitrogens with one attached hydrogen (secondary N) is 2. The molecule has 0 aliphatic rings. The molecule has 0 aliphatic heterocycles. The molecule has 7 heteroatoms. The van der Waals surface area contributed by atoms with E-state index in [-0.39, 0.29) is 6.42 Å². The van der Waals surface area contributed by atoms with Gasteiger partial charge in [0, 0.05) is 29.8 Å². The van der Waals surface area contributed by atoms with Gasteiger partial charge in [0.25, 0.3) is 0 Å². The largest absolute Gasteiger partial charge is 0.480 e. The molecule has 0 bridgehead atoms. The molecular formula is C17H15N5O2. The molecule has 0 amide bonds. The number of fused-ring (bicyclic) bond motifs is 2. The fourth-order valence-electron chi connectivity index (χ4n) is 2.88. The van der Waals surface area contributed by atoms with Crippen molar-refractivity contribution in [3.8, 4) is 11.4 Å². The average molecular weight is 321 g/mol. The number of nitrogens with zero attached hydrogens (tertiary/aromatic N) is 2. The van der Waals surface area contributed by atoms with Gasteiger partial charge in [-0.3, -0.25) is 4.79 Å². The van der Waals surface area contributed by atoms with Crippen molar-refractivity contribution >= 4 is 28.0 Å². The summed E-state index contributed by atoms with van der Waals surface area (Å²) in [5, 5.41) is 9.95. The number of aromatic amines is 2. The van der Waals surface area contributed by atoms with E-state index in [1.54, 1.807) is 12.4 Å². The highest BCUT2D eigenvalue weighted by atomic mass is 16.4. The van der Waals surface area contributed by atoms with Gasteiger partial charge in [-0.15, -0.1) is 0 Å². The zero-order valence-corrected chi connectivity index (χ0v) is 12.7. The molecule has 5 N–H and O–H groups in total.